The van der Waals surface area contributed by atoms with E-state index < -0.39 is 5.41 Å². The summed E-state index contributed by atoms with van der Waals surface area (Å²) in [4.78, 5) is 16.2. The summed E-state index contributed by atoms with van der Waals surface area (Å²) in [7, 11) is 3.08. The third-order valence-electron chi connectivity index (χ3n) is 1.47. The van der Waals surface area contributed by atoms with Crippen LogP contribution in [0.5, 0.6) is 0 Å². The Morgan fingerprint density at radius 2 is 2.09 bits per heavy atom. The Balaban J connectivity index is 4.23. The standard InChI is InChI=1S/C7H14BrNO2/c1-7(2,5-8)6(10)9(3)11-4/h5H2,1-4H3. The lowest BCUT2D eigenvalue weighted by molar-refractivity contribution is -0.177. The number of hydrogen-bond acceptors (Lipinski definition) is 2. The van der Waals surface area contributed by atoms with Crippen molar-refractivity contribution in [3.8, 4) is 0 Å². The van der Waals surface area contributed by atoms with Gasteiger partial charge in [-0.25, -0.2) is 5.06 Å². The van der Waals surface area contributed by atoms with Crippen LogP contribution < -0.4 is 0 Å². The SMILES string of the molecule is CON(C)C(=O)C(C)(C)CBr. The van der Waals surface area contributed by atoms with Gasteiger partial charge in [-0.2, -0.15) is 0 Å². The number of alkyl halides is 1. The summed E-state index contributed by atoms with van der Waals surface area (Å²) in [6, 6.07) is 0. The third kappa shape index (κ3) is 2.79. The summed E-state index contributed by atoms with van der Waals surface area (Å²) < 4.78 is 0. The number of rotatable bonds is 3. The summed E-state index contributed by atoms with van der Waals surface area (Å²) in [5.74, 6) is -0.0307. The fourth-order valence-corrected chi connectivity index (χ4v) is 0.806. The van der Waals surface area contributed by atoms with Gasteiger partial charge in [0.1, 0.15) is 0 Å². The third-order valence-corrected chi connectivity index (χ3v) is 2.87. The molecule has 11 heavy (non-hydrogen) atoms. The Bertz CT molecular complexity index is 147. The minimum Gasteiger partial charge on any atom is -0.275 e. The van der Waals surface area contributed by atoms with Crippen LogP contribution in [0.4, 0.5) is 0 Å². The van der Waals surface area contributed by atoms with Gasteiger partial charge < -0.3 is 0 Å². The van der Waals surface area contributed by atoms with Gasteiger partial charge in [-0.1, -0.05) is 29.8 Å². The molecule has 0 aromatic rings. The van der Waals surface area contributed by atoms with Crippen molar-refractivity contribution in [1.29, 1.82) is 0 Å². The molecule has 0 spiro atoms. The predicted octanol–water partition coefficient (Wildman–Crippen LogP) is 1.43. The highest BCUT2D eigenvalue weighted by Crippen LogP contribution is 2.20. The molecular weight excluding hydrogens is 210 g/mol. The van der Waals surface area contributed by atoms with Gasteiger partial charge in [-0.15, -0.1) is 0 Å². The Morgan fingerprint density at radius 3 is 2.36 bits per heavy atom. The minimum absolute atomic E-state index is 0.0307. The van der Waals surface area contributed by atoms with Crippen LogP contribution in [0.15, 0.2) is 0 Å². The van der Waals surface area contributed by atoms with Gasteiger partial charge in [-0.3, -0.25) is 9.63 Å². The van der Waals surface area contributed by atoms with Crippen LogP contribution in [0, 0.1) is 5.41 Å². The largest absolute Gasteiger partial charge is 0.275 e. The first-order valence-corrected chi connectivity index (χ1v) is 4.46. The number of halogens is 1. The van der Waals surface area contributed by atoms with E-state index in [4.69, 9.17) is 4.84 Å². The van der Waals surface area contributed by atoms with Crippen molar-refractivity contribution in [2.24, 2.45) is 5.41 Å². The first-order chi connectivity index (χ1) is 4.95. The maximum Gasteiger partial charge on any atom is 0.252 e. The quantitative estimate of drug-likeness (QED) is 0.536. The van der Waals surface area contributed by atoms with E-state index in [1.807, 2.05) is 13.8 Å². The number of carbonyl (C=O) groups is 1. The van der Waals surface area contributed by atoms with Crippen LogP contribution in [0.1, 0.15) is 13.8 Å². The fourth-order valence-electron chi connectivity index (χ4n) is 0.566. The Hall–Kier alpha value is -0.0900. The van der Waals surface area contributed by atoms with Crippen LogP contribution in [0.3, 0.4) is 0 Å². The smallest absolute Gasteiger partial charge is 0.252 e. The van der Waals surface area contributed by atoms with Gasteiger partial charge >= 0.3 is 0 Å². The van der Waals surface area contributed by atoms with Crippen molar-refractivity contribution < 1.29 is 9.63 Å². The number of hydroxylamine groups is 2. The number of amides is 1. The average molecular weight is 224 g/mol. The number of nitrogens with zero attached hydrogens (tertiary/aromatic N) is 1. The van der Waals surface area contributed by atoms with Gasteiger partial charge in [-0.05, 0) is 0 Å². The lowest BCUT2D eigenvalue weighted by Gasteiger charge is -2.25. The Morgan fingerprint density at radius 1 is 1.64 bits per heavy atom. The highest BCUT2D eigenvalue weighted by molar-refractivity contribution is 9.09. The molecule has 0 aromatic carbocycles. The Labute approximate surface area is 75.8 Å². The molecule has 0 saturated carbocycles. The van der Waals surface area contributed by atoms with Gasteiger partial charge in [0.2, 0.25) is 0 Å². The molecule has 0 bridgehead atoms. The zero-order chi connectivity index (χ0) is 9.07. The van der Waals surface area contributed by atoms with E-state index in [2.05, 4.69) is 15.9 Å². The summed E-state index contributed by atoms with van der Waals surface area (Å²) in [6.45, 7) is 3.72. The highest BCUT2D eigenvalue weighted by Gasteiger charge is 2.29. The summed E-state index contributed by atoms with van der Waals surface area (Å²) >= 11 is 3.27. The first kappa shape index (κ1) is 10.9. The fraction of sp³-hybridized carbons (Fsp3) is 0.857. The summed E-state index contributed by atoms with van der Waals surface area (Å²) in [6.07, 6.45) is 0. The van der Waals surface area contributed by atoms with Gasteiger partial charge in [0, 0.05) is 12.4 Å². The molecule has 0 fully saturated rings. The molecule has 0 aliphatic carbocycles. The minimum atomic E-state index is -0.398. The molecule has 0 saturated heterocycles. The molecule has 66 valence electrons. The van der Waals surface area contributed by atoms with Crippen molar-refractivity contribution in [2.75, 3.05) is 19.5 Å². The van der Waals surface area contributed by atoms with Crippen molar-refractivity contribution >= 4 is 21.8 Å². The average Bonchev–Trinajstić information content (AvgIpc) is 2.01. The van der Waals surface area contributed by atoms with E-state index in [0.717, 1.165) is 0 Å². The van der Waals surface area contributed by atoms with E-state index in [9.17, 15) is 4.79 Å². The van der Waals surface area contributed by atoms with E-state index >= 15 is 0 Å². The van der Waals surface area contributed by atoms with E-state index in [1.54, 1.807) is 7.05 Å². The maximum absolute atomic E-state index is 11.4. The molecule has 1 amide bonds. The second kappa shape index (κ2) is 4.07. The van der Waals surface area contributed by atoms with Gasteiger partial charge in [0.15, 0.2) is 0 Å². The van der Waals surface area contributed by atoms with Gasteiger partial charge in [0.25, 0.3) is 5.91 Å². The zero-order valence-electron chi connectivity index (χ0n) is 7.35. The second-order valence-corrected chi connectivity index (χ2v) is 3.56. The van der Waals surface area contributed by atoms with Crippen LogP contribution >= 0.6 is 15.9 Å². The van der Waals surface area contributed by atoms with Crippen molar-refractivity contribution in [2.45, 2.75) is 13.8 Å². The first-order valence-electron chi connectivity index (χ1n) is 3.34. The monoisotopic (exact) mass is 223 g/mol. The number of hydrogen-bond donors (Lipinski definition) is 0. The van der Waals surface area contributed by atoms with E-state index in [-0.39, 0.29) is 5.91 Å². The summed E-state index contributed by atoms with van der Waals surface area (Å²) in [5.41, 5.74) is -0.398. The van der Waals surface area contributed by atoms with Crippen molar-refractivity contribution in [3.05, 3.63) is 0 Å². The molecule has 3 nitrogen and oxygen atoms in total. The molecule has 0 rings (SSSR count). The van der Waals surface area contributed by atoms with Crippen LogP contribution in [0.2, 0.25) is 0 Å². The van der Waals surface area contributed by atoms with Crippen LogP contribution in [0.25, 0.3) is 0 Å². The molecule has 0 atom stereocenters. The van der Waals surface area contributed by atoms with Crippen molar-refractivity contribution in [3.63, 3.8) is 0 Å². The molecule has 0 heterocycles. The zero-order valence-corrected chi connectivity index (χ0v) is 8.93. The maximum atomic E-state index is 11.4. The molecule has 0 aliphatic rings. The van der Waals surface area contributed by atoms with Crippen LogP contribution in [-0.4, -0.2) is 30.5 Å². The molecule has 4 heteroatoms. The molecule has 0 radical (unpaired) electrons. The topological polar surface area (TPSA) is 29.5 Å². The lowest BCUT2D eigenvalue weighted by Crippen LogP contribution is -2.38. The van der Waals surface area contributed by atoms with E-state index in [0.29, 0.717) is 5.33 Å². The van der Waals surface area contributed by atoms with Gasteiger partial charge in [0.05, 0.1) is 12.5 Å². The lowest BCUT2D eigenvalue weighted by atomic mass is 9.96. The highest BCUT2D eigenvalue weighted by atomic mass is 79.9. The second-order valence-electron chi connectivity index (χ2n) is 3.00. The Kier molecular flexibility index (Phi) is 4.03. The molecular formula is C7H14BrNO2. The normalized spacial score (nSPS) is 11.4. The molecule has 0 aromatic heterocycles. The molecule has 0 unspecified atom stereocenters. The van der Waals surface area contributed by atoms with Crippen molar-refractivity contribution in [1.82, 2.24) is 5.06 Å². The molecule has 0 aliphatic heterocycles. The number of carbonyl (C=O) groups excluding carboxylic acids is 1. The van der Waals surface area contributed by atoms with E-state index in [1.165, 1.54) is 12.2 Å². The summed E-state index contributed by atoms with van der Waals surface area (Å²) in [5, 5.41) is 1.87. The predicted molar refractivity (Wildman–Crippen MR) is 47.4 cm³/mol. The van der Waals surface area contributed by atoms with Crippen LogP contribution in [-0.2, 0) is 9.63 Å². The molecule has 0 N–H and O–H groups in total.